The largest absolute Gasteiger partial charge is 0.401 e. The van der Waals surface area contributed by atoms with Crippen LogP contribution in [0.25, 0.3) is 0 Å². The van der Waals surface area contributed by atoms with Crippen molar-refractivity contribution >= 4 is 5.91 Å². The van der Waals surface area contributed by atoms with E-state index in [2.05, 4.69) is 5.32 Å². The number of rotatable bonds is 4. The summed E-state index contributed by atoms with van der Waals surface area (Å²) in [5, 5.41) is 2.94. The van der Waals surface area contributed by atoms with Crippen molar-refractivity contribution in [1.29, 1.82) is 0 Å². The Bertz CT molecular complexity index is 427. The third-order valence-corrected chi connectivity index (χ3v) is 5.62. The van der Waals surface area contributed by atoms with Crippen molar-refractivity contribution in [2.45, 2.75) is 37.9 Å². The highest BCUT2D eigenvalue weighted by Crippen LogP contribution is 2.47. The van der Waals surface area contributed by atoms with Gasteiger partial charge in [-0.25, -0.2) is 0 Å². The molecule has 7 heteroatoms. The van der Waals surface area contributed by atoms with Crippen LogP contribution in [0.1, 0.15) is 25.7 Å². The molecular formula is C15H24F3N3O. The first-order valence-corrected chi connectivity index (χ1v) is 8.16. The van der Waals surface area contributed by atoms with Crippen molar-refractivity contribution in [3.63, 3.8) is 0 Å². The number of carbonyl (C=O) groups excluding carboxylic acids is 1. The van der Waals surface area contributed by atoms with Crippen molar-refractivity contribution in [2.75, 3.05) is 26.2 Å². The van der Waals surface area contributed by atoms with Crippen LogP contribution < -0.4 is 11.1 Å². The second-order valence-corrected chi connectivity index (χ2v) is 7.19. The number of alkyl halides is 3. The van der Waals surface area contributed by atoms with Crippen LogP contribution >= 0.6 is 0 Å². The summed E-state index contributed by atoms with van der Waals surface area (Å²) < 4.78 is 37.1. The Balaban J connectivity index is 1.43. The first-order valence-electron chi connectivity index (χ1n) is 8.16. The summed E-state index contributed by atoms with van der Waals surface area (Å²) in [6, 6.07) is -0.0379. The minimum absolute atomic E-state index is 0.00831. The molecule has 2 bridgehead atoms. The molecule has 2 saturated carbocycles. The maximum absolute atomic E-state index is 12.4. The van der Waals surface area contributed by atoms with Gasteiger partial charge in [0.1, 0.15) is 0 Å². The fraction of sp³-hybridized carbons (Fsp3) is 0.933. The zero-order valence-electron chi connectivity index (χ0n) is 12.6. The van der Waals surface area contributed by atoms with Gasteiger partial charge in [-0.2, -0.15) is 13.2 Å². The van der Waals surface area contributed by atoms with E-state index in [4.69, 9.17) is 5.73 Å². The lowest BCUT2D eigenvalue weighted by molar-refractivity contribution is -0.143. The Morgan fingerprint density at radius 2 is 1.95 bits per heavy atom. The average Bonchev–Trinajstić information content (AvgIpc) is 3.10. The number of halogens is 3. The Morgan fingerprint density at radius 3 is 2.59 bits per heavy atom. The van der Waals surface area contributed by atoms with Gasteiger partial charge in [0, 0.05) is 19.1 Å². The van der Waals surface area contributed by atoms with E-state index in [9.17, 15) is 18.0 Å². The molecule has 3 fully saturated rings. The fourth-order valence-corrected chi connectivity index (χ4v) is 4.56. The van der Waals surface area contributed by atoms with Crippen LogP contribution in [-0.2, 0) is 4.79 Å². The topological polar surface area (TPSA) is 58.4 Å². The number of fused-ring (bicyclic) bond motifs is 2. The van der Waals surface area contributed by atoms with E-state index in [1.54, 1.807) is 0 Å². The van der Waals surface area contributed by atoms with E-state index in [1.165, 1.54) is 4.90 Å². The molecule has 1 heterocycles. The summed E-state index contributed by atoms with van der Waals surface area (Å²) in [4.78, 5) is 13.7. The summed E-state index contributed by atoms with van der Waals surface area (Å²) in [6.45, 7) is 0.471. The monoisotopic (exact) mass is 319 g/mol. The van der Waals surface area contributed by atoms with E-state index in [0.29, 0.717) is 37.9 Å². The van der Waals surface area contributed by atoms with Crippen LogP contribution in [0.5, 0.6) is 0 Å². The summed E-state index contributed by atoms with van der Waals surface area (Å²) >= 11 is 0. The average molecular weight is 319 g/mol. The molecule has 4 nitrogen and oxygen atoms in total. The second-order valence-electron chi connectivity index (χ2n) is 7.19. The molecule has 126 valence electrons. The van der Waals surface area contributed by atoms with Gasteiger partial charge < -0.3 is 11.1 Å². The molecule has 0 radical (unpaired) electrons. The third-order valence-electron chi connectivity index (χ3n) is 5.62. The number of hydrogen-bond acceptors (Lipinski definition) is 3. The first kappa shape index (κ1) is 16.1. The molecule has 1 amide bonds. The lowest BCUT2D eigenvalue weighted by Crippen LogP contribution is -2.46. The summed E-state index contributed by atoms with van der Waals surface area (Å²) in [7, 11) is 0. The molecule has 0 aromatic heterocycles. The molecule has 5 unspecified atom stereocenters. The number of nitrogens with two attached hydrogens (primary N) is 1. The summed E-state index contributed by atoms with van der Waals surface area (Å²) in [5.41, 5.74) is 6.15. The van der Waals surface area contributed by atoms with Crippen LogP contribution in [0.3, 0.4) is 0 Å². The second kappa shape index (κ2) is 6.00. The van der Waals surface area contributed by atoms with Crippen LogP contribution in [0.15, 0.2) is 0 Å². The normalized spacial score (nSPS) is 38.6. The van der Waals surface area contributed by atoms with Gasteiger partial charge in [-0.15, -0.1) is 0 Å². The van der Waals surface area contributed by atoms with Crippen LogP contribution in [-0.4, -0.2) is 49.2 Å². The smallest absolute Gasteiger partial charge is 0.355 e. The number of hydrogen-bond donors (Lipinski definition) is 2. The van der Waals surface area contributed by atoms with Gasteiger partial charge in [-0.3, -0.25) is 9.69 Å². The fourth-order valence-electron chi connectivity index (χ4n) is 4.56. The van der Waals surface area contributed by atoms with Gasteiger partial charge in [-0.05, 0) is 50.0 Å². The van der Waals surface area contributed by atoms with Crippen molar-refractivity contribution in [3.05, 3.63) is 0 Å². The highest BCUT2D eigenvalue weighted by Gasteiger charge is 2.49. The van der Waals surface area contributed by atoms with Crippen LogP contribution in [0.4, 0.5) is 13.2 Å². The number of likely N-dealkylation sites (tertiary alicyclic amines) is 1. The summed E-state index contributed by atoms with van der Waals surface area (Å²) in [6.07, 6.45) is -0.168. The molecule has 2 aliphatic carbocycles. The molecular weight excluding hydrogens is 295 g/mol. The highest BCUT2D eigenvalue weighted by atomic mass is 19.4. The van der Waals surface area contributed by atoms with Crippen molar-refractivity contribution in [1.82, 2.24) is 10.2 Å². The Hall–Kier alpha value is -0.820. The SMILES string of the molecule is NC1C2CCC(C2)C1C(=O)NCC1CCN(CC(F)(F)F)C1. The molecule has 1 aliphatic heterocycles. The van der Waals surface area contributed by atoms with E-state index in [-0.39, 0.29) is 23.8 Å². The van der Waals surface area contributed by atoms with E-state index < -0.39 is 12.7 Å². The van der Waals surface area contributed by atoms with Gasteiger partial charge in [-0.1, -0.05) is 0 Å². The predicted molar refractivity (Wildman–Crippen MR) is 75.9 cm³/mol. The van der Waals surface area contributed by atoms with Gasteiger partial charge in [0.15, 0.2) is 0 Å². The molecule has 0 aromatic rings. The minimum atomic E-state index is -4.14. The molecule has 3 rings (SSSR count). The highest BCUT2D eigenvalue weighted by molar-refractivity contribution is 5.80. The zero-order chi connectivity index (χ0) is 15.9. The molecule has 0 aromatic carbocycles. The number of amides is 1. The van der Waals surface area contributed by atoms with Crippen molar-refractivity contribution < 1.29 is 18.0 Å². The molecule has 22 heavy (non-hydrogen) atoms. The summed E-state index contributed by atoms with van der Waals surface area (Å²) in [5.74, 6) is 0.918. The quantitative estimate of drug-likeness (QED) is 0.823. The van der Waals surface area contributed by atoms with Gasteiger partial charge in [0.2, 0.25) is 5.91 Å². The lowest BCUT2D eigenvalue weighted by Gasteiger charge is -2.27. The zero-order valence-corrected chi connectivity index (χ0v) is 12.6. The first-order chi connectivity index (χ1) is 10.3. The van der Waals surface area contributed by atoms with Gasteiger partial charge in [0.25, 0.3) is 0 Å². The Labute approximate surface area is 128 Å². The number of carbonyl (C=O) groups is 1. The molecule has 3 N–H and O–H groups in total. The van der Waals surface area contributed by atoms with Gasteiger partial charge >= 0.3 is 6.18 Å². The minimum Gasteiger partial charge on any atom is -0.355 e. The predicted octanol–water partition coefficient (Wildman–Crippen LogP) is 1.36. The van der Waals surface area contributed by atoms with Gasteiger partial charge in [0.05, 0.1) is 12.5 Å². The van der Waals surface area contributed by atoms with E-state index in [0.717, 1.165) is 19.3 Å². The maximum Gasteiger partial charge on any atom is 0.401 e. The lowest BCUT2D eigenvalue weighted by atomic mass is 9.84. The third kappa shape index (κ3) is 3.40. The molecule has 1 saturated heterocycles. The standard InChI is InChI=1S/C15H24F3N3O/c16-15(17,18)8-21-4-3-9(7-21)6-20-14(22)12-10-1-2-11(5-10)13(12)19/h9-13H,1-8,19H2,(H,20,22). The van der Waals surface area contributed by atoms with Crippen molar-refractivity contribution in [2.24, 2.45) is 29.4 Å². The Morgan fingerprint density at radius 1 is 1.23 bits per heavy atom. The molecule has 0 spiro atoms. The van der Waals surface area contributed by atoms with Crippen LogP contribution in [0.2, 0.25) is 0 Å². The van der Waals surface area contributed by atoms with E-state index >= 15 is 0 Å². The number of nitrogens with one attached hydrogen (secondary N) is 1. The maximum atomic E-state index is 12.4. The van der Waals surface area contributed by atoms with E-state index in [1.807, 2.05) is 0 Å². The van der Waals surface area contributed by atoms with Crippen molar-refractivity contribution in [3.8, 4) is 0 Å². The van der Waals surface area contributed by atoms with Crippen LogP contribution in [0, 0.1) is 23.7 Å². The number of nitrogens with zero attached hydrogens (tertiary/aromatic N) is 1. The Kier molecular flexibility index (Phi) is 4.38. The molecule has 5 atom stereocenters. The molecule has 3 aliphatic rings.